The lowest BCUT2D eigenvalue weighted by molar-refractivity contribution is -0.386. The van der Waals surface area contributed by atoms with Crippen molar-refractivity contribution in [3.63, 3.8) is 0 Å². The Kier molecular flexibility index (Phi) is 4.60. The van der Waals surface area contributed by atoms with E-state index in [2.05, 4.69) is 4.98 Å². The second-order valence-electron chi connectivity index (χ2n) is 4.37. The Hall–Kier alpha value is -3.36. The maximum absolute atomic E-state index is 11.5. The van der Waals surface area contributed by atoms with Gasteiger partial charge in [0, 0.05) is 5.56 Å². The molecule has 2 rings (SSSR count). The molecule has 0 spiro atoms. The highest BCUT2D eigenvalue weighted by atomic mass is 16.6. The van der Waals surface area contributed by atoms with Gasteiger partial charge in [-0.3, -0.25) is 19.9 Å². The van der Waals surface area contributed by atoms with Crippen LogP contribution in [-0.2, 0) is 0 Å². The first kappa shape index (κ1) is 16.0. The van der Waals surface area contributed by atoms with Gasteiger partial charge in [-0.2, -0.15) is 0 Å². The molecule has 1 heterocycles. The van der Waals surface area contributed by atoms with Crippen molar-refractivity contribution in [3.05, 3.63) is 60.4 Å². The number of H-pyrrole nitrogens is 2. The normalized spacial score (nSPS) is 10.7. The smallest absolute Gasteiger partial charge is 0.357 e. The standard InChI is InChI=1S/C14H13N3O6/c1-22-9-4-6-11(23-2)8(7-9)3-5-10-12(17(20)21)13(18)16-14(19)15-10/h3-7H,1-2H3,(H2,15,16,18,19). The van der Waals surface area contributed by atoms with Gasteiger partial charge in [0.15, 0.2) is 0 Å². The van der Waals surface area contributed by atoms with Crippen LogP contribution in [0.3, 0.4) is 0 Å². The quantitative estimate of drug-likeness (QED) is 0.629. The molecule has 2 N–H and O–H groups in total. The van der Waals surface area contributed by atoms with Crippen molar-refractivity contribution >= 4 is 17.8 Å². The Morgan fingerprint density at radius 1 is 1.13 bits per heavy atom. The van der Waals surface area contributed by atoms with Gasteiger partial charge in [0.05, 0.1) is 19.1 Å². The number of aromatic amines is 2. The fourth-order valence-corrected chi connectivity index (χ4v) is 1.94. The third-order valence-electron chi connectivity index (χ3n) is 2.99. The molecule has 0 amide bonds. The number of nitro groups is 1. The zero-order valence-electron chi connectivity index (χ0n) is 12.3. The molecular formula is C14H13N3O6. The highest BCUT2D eigenvalue weighted by Gasteiger charge is 2.18. The summed E-state index contributed by atoms with van der Waals surface area (Å²) in [6.45, 7) is 0. The number of ether oxygens (including phenoxy) is 2. The summed E-state index contributed by atoms with van der Waals surface area (Å²) in [7, 11) is 2.96. The van der Waals surface area contributed by atoms with Gasteiger partial charge in [0.25, 0.3) is 0 Å². The molecular weight excluding hydrogens is 306 g/mol. The molecule has 0 atom stereocenters. The molecule has 0 aliphatic carbocycles. The Balaban J connectivity index is 2.55. The topological polar surface area (TPSA) is 127 Å². The average molecular weight is 319 g/mol. The Morgan fingerprint density at radius 3 is 2.48 bits per heavy atom. The van der Waals surface area contributed by atoms with Crippen LogP contribution in [0.25, 0.3) is 12.2 Å². The molecule has 0 fully saturated rings. The molecule has 0 radical (unpaired) electrons. The van der Waals surface area contributed by atoms with Gasteiger partial charge in [-0.05, 0) is 30.4 Å². The van der Waals surface area contributed by atoms with E-state index >= 15 is 0 Å². The lowest BCUT2D eigenvalue weighted by atomic mass is 10.1. The summed E-state index contributed by atoms with van der Waals surface area (Å²) < 4.78 is 10.3. The number of rotatable bonds is 5. The van der Waals surface area contributed by atoms with Crippen molar-refractivity contribution in [2.75, 3.05) is 14.2 Å². The van der Waals surface area contributed by atoms with Crippen LogP contribution >= 0.6 is 0 Å². The zero-order valence-corrected chi connectivity index (χ0v) is 12.3. The van der Waals surface area contributed by atoms with Crippen molar-refractivity contribution in [3.8, 4) is 11.5 Å². The van der Waals surface area contributed by atoms with Crippen molar-refractivity contribution < 1.29 is 14.4 Å². The van der Waals surface area contributed by atoms with Crippen LogP contribution in [-0.4, -0.2) is 29.1 Å². The minimum atomic E-state index is -1.07. The van der Waals surface area contributed by atoms with E-state index in [1.54, 1.807) is 18.2 Å². The molecule has 0 saturated carbocycles. The Labute approximate surface area is 129 Å². The van der Waals surface area contributed by atoms with E-state index in [1.165, 1.54) is 26.4 Å². The molecule has 1 aromatic carbocycles. The van der Waals surface area contributed by atoms with E-state index in [9.17, 15) is 19.7 Å². The van der Waals surface area contributed by atoms with E-state index in [0.717, 1.165) is 0 Å². The molecule has 0 aliphatic rings. The van der Waals surface area contributed by atoms with Gasteiger partial charge < -0.3 is 14.5 Å². The number of nitrogens with one attached hydrogen (secondary N) is 2. The van der Waals surface area contributed by atoms with Crippen LogP contribution in [0.15, 0.2) is 27.8 Å². The molecule has 0 aliphatic heterocycles. The minimum absolute atomic E-state index is 0.214. The summed E-state index contributed by atoms with van der Waals surface area (Å²) in [4.78, 5) is 37.0. The first-order valence-corrected chi connectivity index (χ1v) is 6.37. The number of aromatic nitrogens is 2. The minimum Gasteiger partial charge on any atom is -0.497 e. The van der Waals surface area contributed by atoms with Gasteiger partial charge in [0.2, 0.25) is 0 Å². The first-order valence-electron chi connectivity index (χ1n) is 6.37. The van der Waals surface area contributed by atoms with Crippen LogP contribution in [0.5, 0.6) is 11.5 Å². The van der Waals surface area contributed by atoms with Crippen LogP contribution in [0, 0.1) is 10.1 Å². The van der Waals surface area contributed by atoms with Crippen molar-refractivity contribution in [1.82, 2.24) is 9.97 Å². The molecule has 0 bridgehead atoms. The van der Waals surface area contributed by atoms with Crippen LogP contribution in [0.2, 0.25) is 0 Å². The van der Waals surface area contributed by atoms with Gasteiger partial charge >= 0.3 is 16.9 Å². The number of hydrogen-bond donors (Lipinski definition) is 2. The third-order valence-corrected chi connectivity index (χ3v) is 2.99. The van der Waals surface area contributed by atoms with Gasteiger partial charge in [-0.25, -0.2) is 4.79 Å². The first-order chi connectivity index (χ1) is 11.0. The van der Waals surface area contributed by atoms with Crippen molar-refractivity contribution in [2.45, 2.75) is 0 Å². The highest BCUT2D eigenvalue weighted by Crippen LogP contribution is 2.26. The summed E-state index contributed by atoms with van der Waals surface area (Å²) in [5, 5.41) is 11.0. The largest absolute Gasteiger partial charge is 0.497 e. The zero-order chi connectivity index (χ0) is 17.0. The van der Waals surface area contributed by atoms with Gasteiger partial charge in [-0.15, -0.1) is 0 Å². The van der Waals surface area contributed by atoms with Crippen LogP contribution < -0.4 is 20.7 Å². The van der Waals surface area contributed by atoms with Gasteiger partial charge in [0.1, 0.15) is 17.2 Å². The lowest BCUT2D eigenvalue weighted by Gasteiger charge is -2.07. The second kappa shape index (κ2) is 6.60. The highest BCUT2D eigenvalue weighted by molar-refractivity contribution is 5.74. The average Bonchev–Trinajstić information content (AvgIpc) is 2.51. The van der Waals surface area contributed by atoms with Crippen LogP contribution in [0.4, 0.5) is 5.69 Å². The number of benzene rings is 1. The molecule has 120 valence electrons. The van der Waals surface area contributed by atoms with E-state index in [4.69, 9.17) is 9.47 Å². The van der Waals surface area contributed by atoms with E-state index in [-0.39, 0.29) is 5.69 Å². The third kappa shape index (κ3) is 3.46. The second-order valence-corrected chi connectivity index (χ2v) is 4.37. The Bertz CT molecular complexity index is 881. The maximum atomic E-state index is 11.5. The fourth-order valence-electron chi connectivity index (χ4n) is 1.94. The predicted molar refractivity (Wildman–Crippen MR) is 82.8 cm³/mol. The van der Waals surface area contributed by atoms with Crippen molar-refractivity contribution in [1.29, 1.82) is 0 Å². The molecule has 23 heavy (non-hydrogen) atoms. The number of hydrogen-bond acceptors (Lipinski definition) is 6. The summed E-state index contributed by atoms with van der Waals surface area (Å²) >= 11 is 0. The summed E-state index contributed by atoms with van der Waals surface area (Å²) in [6, 6.07) is 4.99. The summed E-state index contributed by atoms with van der Waals surface area (Å²) in [5.74, 6) is 1.05. The van der Waals surface area contributed by atoms with E-state index < -0.39 is 21.9 Å². The molecule has 0 unspecified atom stereocenters. The maximum Gasteiger partial charge on any atom is 0.357 e. The predicted octanol–water partition coefficient (Wildman–Crippen LogP) is 1.16. The molecule has 9 nitrogen and oxygen atoms in total. The number of methoxy groups -OCH3 is 2. The molecule has 9 heteroatoms. The van der Waals surface area contributed by atoms with Crippen molar-refractivity contribution in [2.24, 2.45) is 0 Å². The monoisotopic (exact) mass is 319 g/mol. The molecule has 1 aromatic heterocycles. The lowest BCUT2D eigenvalue weighted by Crippen LogP contribution is -2.25. The summed E-state index contributed by atoms with van der Waals surface area (Å²) in [5.41, 5.74) is -2.31. The van der Waals surface area contributed by atoms with Crippen LogP contribution in [0.1, 0.15) is 11.3 Å². The number of nitrogens with zero attached hydrogens (tertiary/aromatic N) is 1. The molecule has 0 saturated heterocycles. The Morgan fingerprint density at radius 2 is 1.87 bits per heavy atom. The van der Waals surface area contributed by atoms with Gasteiger partial charge in [-0.1, -0.05) is 0 Å². The molecule has 2 aromatic rings. The van der Waals surface area contributed by atoms with E-state index in [0.29, 0.717) is 17.1 Å². The summed E-state index contributed by atoms with van der Waals surface area (Å²) in [6.07, 6.45) is 2.73. The fraction of sp³-hybridized carbons (Fsp3) is 0.143. The SMILES string of the molecule is COc1ccc(OC)c(C=Cc2[nH]c(=O)[nH]c(=O)c2[N+](=O)[O-])c1. The van der Waals surface area contributed by atoms with E-state index in [1.807, 2.05) is 4.98 Å².